The minimum atomic E-state index is 0.282. The molecule has 2 nitrogen and oxygen atoms in total. The predicted octanol–water partition coefficient (Wildman–Crippen LogP) is 2.69. The van der Waals surface area contributed by atoms with E-state index in [1.54, 1.807) is 0 Å². The van der Waals surface area contributed by atoms with E-state index in [9.17, 15) is 0 Å². The van der Waals surface area contributed by atoms with E-state index in [0.29, 0.717) is 6.04 Å². The molecule has 4 unspecified atom stereocenters. The minimum absolute atomic E-state index is 0.282. The van der Waals surface area contributed by atoms with Crippen molar-refractivity contribution in [2.45, 2.75) is 76.4 Å². The van der Waals surface area contributed by atoms with E-state index in [0.717, 1.165) is 18.4 Å². The zero-order valence-electron chi connectivity index (χ0n) is 11.8. The lowest BCUT2D eigenvalue weighted by Crippen LogP contribution is -2.49. The summed E-state index contributed by atoms with van der Waals surface area (Å²) in [5, 5.41) is 7.46. The van der Waals surface area contributed by atoms with Crippen LogP contribution in [0.1, 0.15) is 58.3 Å². The molecule has 2 heteroatoms. The third kappa shape index (κ3) is 3.49. The monoisotopic (exact) mass is 248 g/mol. The van der Waals surface area contributed by atoms with Gasteiger partial charge in [-0.05, 0) is 44.6 Å². The van der Waals surface area contributed by atoms with Crippen molar-refractivity contribution in [3.05, 3.63) is 0 Å². The van der Waals surface area contributed by atoms with E-state index in [-0.39, 0.29) is 6.04 Å². The van der Waals surface area contributed by atoms with Crippen molar-refractivity contribution in [3.63, 3.8) is 0 Å². The van der Waals surface area contributed by atoms with Crippen LogP contribution < -0.4 is 10.6 Å². The van der Waals surface area contributed by atoms with Crippen LogP contribution in [0, 0.1) is 18.3 Å². The van der Waals surface area contributed by atoms with E-state index in [1.165, 1.54) is 51.5 Å². The molecule has 0 aromatic heterocycles. The number of hydrogen-bond donors (Lipinski definition) is 2. The number of rotatable bonds is 5. The van der Waals surface area contributed by atoms with Crippen LogP contribution in [0.4, 0.5) is 0 Å². The Balaban J connectivity index is 1.88. The second kappa shape index (κ2) is 7.16. The summed E-state index contributed by atoms with van der Waals surface area (Å²) >= 11 is 0. The second-order valence-electron chi connectivity index (χ2n) is 5.93. The van der Waals surface area contributed by atoms with Crippen molar-refractivity contribution in [2.24, 2.45) is 5.92 Å². The van der Waals surface area contributed by atoms with Crippen molar-refractivity contribution >= 4 is 0 Å². The van der Waals surface area contributed by atoms with Crippen LogP contribution in [0.2, 0.25) is 0 Å². The maximum absolute atomic E-state index is 5.63. The molecule has 0 aromatic rings. The Morgan fingerprint density at radius 1 is 1.28 bits per heavy atom. The summed E-state index contributed by atoms with van der Waals surface area (Å²) in [5.41, 5.74) is 0. The van der Waals surface area contributed by atoms with Gasteiger partial charge in [-0.25, -0.2) is 0 Å². The molecule has 1 saturated carbocycles. The molecule has 102 valence electrons. The highest BCUT2D eigenvalue weighted by molar-refractivity contribution is 5.02. The topological polar surface area (TPSA) is 24.1 Å². The molecule has 1 aliphatic heterocycles. The normalized spacial score (nSPS) is 34.1. The highest BCUT2D eigenvalue weighted by atomic mass is 15.0. The average Bonchev–Trinajstić information content (AvgIpc) is 2.87. The van der Waals surface area contributed by atoms with Crippen molar-refractivity contribution in [1.82, 2.24) is 10.6 Å². The average molecular weight is 248 g/mol. The molecule has 0 radical (unpaired) electrons. The van der Waals surface area contributed by atoms with Crippen LogP contribution in [0.5, 0.6) is 0 Å². The second-order valence-corrected chi connectivity index (χ2v) is 5.93. The number of piperidine rings is 1. The SMILES string of the molecule is C#CC(CCC)NC1CCCC1C1CCCCN1. The molecule has 1 aliphatic carbocycles. The van der Waals surface area contributed by atoms with Gasteiger partial charge in [0.05, 0.1) is 6.04 Å². The maximum atomic E-state index is 5.63. The van der Waals surface area contributed by atoms with Gasteiger partial charge in [-0.15, -0.1) is 6.42 Å². The van der Waals surface area contributed by atoms with Crippen molar-refractivity contribution < 1.29 is 0 Å². The van der Waals surface area contributed by atoms with Crippen LogP contribution in [0.3, 0.4) is 0 Å². The summed E-state index contributed by atoms with van der Waals surface area (Å²) in [6.07, 6.45) is 16.1. The lowest BCUT2D eigenvalue weighted by atomic mass is 9.88. The molecule has 1 heterocycles. The van der Waals surface area contributed by atoms with Crippen LogP contribution >= 0.6 is 0 Å². The Bertz CT molecular complexity index is 275. The molecule has 2 aliphatic rings. The Morgan fingerprint density at radius 2 is 2.17 bits per heavy atom. The van der Waals surface area contributed by atoms with Gasteiger partial charge in [0.15, 0.2) is 0 Å². The van der Waals surface area contributed by atoms with Gasteiger partial charge < -0.3 is 10.6 Å². The Kier molecular flexibility index (Phi) is 5.53. The van der Waals surface area contributed by atoms with Gasteiger partial charge in [0, 0.05) is 12.1 Å². The Morgan fingerprint density at radius 3 is 2.83 bits per heavy atom. The summed E-state index contributed by atoms with van der Waals surface area (Å²) in [6.45, 7) is 3.42. The summed E-state index contributed by atoms with van der Waals surface area (Å²) < 4.78 is 0. The molecule has 0 spiro atoms. The molecular formula is C16H28N2. The Hall–Kier alpha value is -0.520. The van der Waals surface area contributed by atoms with Crippen molar-refractivity contribution in [1.29, 1.82) is 0 Å². The quantitative estimate of drug-likeness (QED) is 0.731. The van der Waals surface area contributed by atoms with Crippen LogP contribution in [-0.4, -0.2) is 24.7 Å². The van der Waals surface area contributed by atoms with E-state index in [2.05, 4.69) is 23.5 Å². The van der Waals surface area contributed by atoms with E-state index >= 15 is 0 Å². The largest absolute Gasteiger partial charge is 0.314 e. The predicted molar refractivity (Wildman–Crippen MR) is 77.4 cm³/mol. The molecule has 18 heavy (non-hydrogen) atoms. The van der Waals surface area contributed by atoms with Crippen molar-refractivity contribution in [3.8, 4) is 12.3 Å². The molecule has 2 fully saturated rings. The Labute approximate surface area is 112 Å². The first-order chi connectivity index (χ1) is 8.85. The lowest BCUT2D eigenvalue weighted by Gasteiger charge is -2.34. The molecule has 0 amide bonds. The summed E-state index contributed by atoms with van der Waals surface area (Å²) in [5.74, 6) is 3.73. The van der Waals surface area contributed by atoms with E-state index in [1.807, 2.05) is 0 Å². The summed E-state index contributed by atoms with van der Waals surface area (Å²) in [6, 6.07) is 1.66. The van der Waals surface area contributed by atoms with Crippen LogP contribution in [-0.2, 0) is 0 Å². The molecule has 2 rings (SSSR count). The van der Waals surface area contributed by atoms with Gasteiger partial charge >= 0.3 is 0 Å². The fourth-order valence-electron chi connectivity index (χ4n) is 3.68. The van der Waals surface area contributed by atoms with Gasteiger partial charge in [0.1, 0.15) is 0 Å². The summed E-state index contributed by atoms with van der Waals surface area (Å²) in [7, 11) is 0. The standard InChI is InChI=1S/C16H28N2/c1-3-8-13(4-2)18-16-11-7-9-14(16)15-10-5-6-12-17-15/h2,13-18H,3,5-12H2,1H3. The molecule has 0 aromatic carbocycles. The first-order valence-electron chi connectivity index (χ1n) is 7.80. The zero-order chi connectivity index (χ0) is 12.8. The number of nitrogens with one attached hydrogen (secondary N) is 2. The highest BCUT2D eigenvalue weighted by Gasteiger charge is 2.34. The van der Waals surface area contributed by atoms with Crippen molar-refractivity contribution in [2.75, 3.05) is 6.54 Å². The first-order valence-corrected chi connectivity index (χ1v) is 7.80. The van der Waals surface area contributed by atoms with E-state index in [4.69, 9.17) is 6.42 Å². The first kappa shape index (κ1) is 13.9. The minimum Gasteiger partial charge on any atom is -0.314 e. The molecule has 2 N–H and O–H groups in total. The van der Waals surface area contributed by atoms with Crippen LogP contribution in [0.25, 0.3) is 0 Å². The molecular weight excluding hydrogens is 220 g/mol. The fraction of sp³-hybridized carbons (Fsp3) is 0.875. The number of terminal acetylenes is 1. The fourth-order valence-corrected chi connectivity index (χ4v) is 3.68. The van der Waals surface area contributed by atoms with Gasteiger partial charge in [0.2, 0.25) is 0 Å². The van der Waals surface area contributed by atoms with Gasteiger partial charge in [-0.3, -0.25) is 0 Å². The van der Waals surface area contributed by atoms with Gasteiger partial charge in [-0.1, -0.05) is 32.1 Å². The number of hydrogen-bond acceptors (Lipinski definition) is 2. The smallest absolute Gasteiger partial charge is 0.0689 e. The molecule has 0 bridgehead atoms. The maximum Gasteiger partial charge on any atom is 0.0689 e. The third-order valence-electron chi connectivity index (χ3n) is 4.63. The van der Waals surface area contributed by atoms with E-state index < -0.39 is 0 Å². The lowest BCUT2D eigenvalue weighted by molar-refractivity contribution is 0.251. The molecule has 1 saturated heterocycles. The van der Waals surface area contributed by atoms with Gasteiger partial charge in [-0.2, -0.15) is 0 Å². The molecule has 4 atom stereocenters. The summed E-state index contributed by atoms with van der Waals surface area (Å²) in [4.78, 5) is 0. The third-order valence-corrected chi connectivity index (χ3v) is 4.63. The van der Waals surface area contributed by atoms with Gasteiger partial charge in [0.25, 0.3) is 0 Å². The zero-order valence-corrected chi connectivity index (χ0v) is 11.8. The van der Waals surface area contributed by atoms with Crippen LogP contribution in [0.15, 0.2) is 0 Å². The highest BCUT2D eigenvalue weighted by Crippen LogP contribution is 2.32.